The predicted molar refractivity (Wildman–Crippen MR) is 135 cm³/mol. The van der Waals surface area contributed by atoms with Crippen molar-refractivity contribution >= 4 is 45.1 Å². The standard InChI is InChI=1S/C25H27ClN6S/c1-2-14-10-21-22(23(14)26)24(32-8-6-17(27)13-32)31-25(30-21)33-18-4-3-15-9-16-12-28-7-5-19(16)29-20(15)11-18/h3-4,9,11,17,28H,2,5-8,10,12-13,27H2,1H3/t17-/m1/s1. The zero-order valence-electron chi connectivity index (χ0n) is 18.7. The van der Waals surface area contributed by atoms with Crippen molar-refractivity contribution in [1.29, 1.82) is 0 Å². The van der Waals surface area contributed by atoms with Crippen LogP contribution in [0.4, 0.5) is 5.82 Å². The number of nitrogens with two attached hydrogens (primary N) is 1. The van der Waals surface area contributed by atoms with Gasteiger partial charge in [0.15, 0.2) is 5.16 Å². The molecule has 0 spiro atoms. The SMILES string of the molecule is CCC1=C(Cl)c2c(nc(Sc3ccc4cc5c(nc4c3)CCNC5)nc2N2CC[C@@H](N)C2)C1. The van der Waals surface area contributed by atoms with Crippen molar-refractivity contribution in [2.45, 2.75) is 55.2 Å². The minimum atomic E-state index is 0.175. The number of hydrogen-bond donors (Lipinski definition) is 2. The molecular formula is C25H27ClN6S. The first kappa shape index (κ1) is 21.4. The summed E-state index contributed by atoms with van der Waals surface area (Å²) in [5.74, 6) is 0.935. The fourth-order valence-corrected chi connectivity index (χ4v) is 6.21. The van der Waals surface area contributed by atoms with E-state index in [0.717, 1.165) is 89.5 Å². The molecule has 0 saturated carbocycles. The lowest BCUT2D eigenvalue weighted by molar-refractivity contribution is 0.633. The summed E-state index contributed by atoms with van der Waals surface area (Å²) in [6, 6.07) is 8.89. The summed E-state index contributed by atoms with van der Waals surface area (Å²) in [6.45, 7) is 5.74. The van der Waals surface area contributed by atoms with E-state index in [4.69, 9.17) is 32.3 Å². The fourth-order valence-electron chi connectivity index (χ4n) is 5.01. The van der Waals surface area contributed by atoms with Gasteiger partial charge in [-0.15, -0.1) is 0 Å². The lowest BCUT2D eigenvalue weighted by atomic mass is 10.0. The van der Waals surface area contributed by atoms with Gasteiger partial charge in [0.25, 0.3) is 0 Å². The number of pyridine rings is 1. The van der Waals surface area contributed by atoms with E-state index in [1.54, 1.807) is 11.8 Å². The molecule has 1 atom stereocenters. The van der Waals surface area contributed by atoms with Gasteiger partial charge in [-0.05, 0) is 53.9 Å². The number of aromatic nitrogens is 3. The van der Waals surface area contributed by atoms with Crippen LogP contribution >= 0.6 is 23.4 Å². The van der Waals surface area contributed by atoms with Crippen molar-refractivity contribution in [2.75, 3.05) is 24.5 Å². The summed E-state index contributed by atoms with van der Waals surface area (Å²) < 4.78 is 0. The second kappa shape index (κ2) is 8.55. The normalized spacial score (nSPS) is 20.0. The van der Waals surface area contributed by atoms with E-state index in [2.05, 4.69) is 41.4 Å². The summed E-state index contributed by atoms with van der Waals surface area (Å²) in [5, 5.41) is 6.18. The lowest BCUT2D eigenvalue weighted by Crippen LogP contribution is -2.28. The van der Waals surface area contributed by atoms with Crippen molar-refractivity contribution in [3.8, 4) is 0 Å². The van der Waals surface area contributed by atoms with E-state index in [9.17, 15) is 0 Å². The van der Waals surface area contributed by atoms with E-state index >= 15 is 0 Å². The summed E-state index contributed by atoms with van der Waals surface area (Å²) in [5.41, 5.74) is 13.0. The molecule has 1 saturated heterocycles. The Balaban J connectivity index is 1.37. The third-order valence-corrected chi connectivity index (χ3v) is 8.14. The van der Waals surface area contributed by atoms with Crippen LogP contribution in [0.1, 0.15) is 42.3 Å². The number of fused-ring (bicyclic) bond motifs is 3. The minimum Gasteiger partial charge on any atom is -0.354 e. The third-order valence-electron chi connectivity index (χ3n) is 6.83. The van der Waals surface area contributed by atoms with Crippen molar-refractivity contribution in [1.82, 2.24) is 20.3 Å². The van der Waals surface area contributed by atoms with Crippen LogP contribution in [0.3, 0.4) is 0 Å². The summed E-state index contributed by atoms with van der Waals surface area (Å²) in [6.07, 6.45) is 3.67. The Labute approximate surface area is 203 Å². The third kappa shape index (κ3) is 3.91. The van der Waals surface area contributed by atoms with Crippen LogP contribution < -0.4 is 16.0 Å². The number of nitrogens with zero attached hydrogens (tertiary/aromatic N) is 4. The molecule has 1 aliphatic carbocycles. The van der Waals surface area contributed by atoms with Crippen molar-refractivity contribution in [3.63, 3.8) is 0 Å². The van der Waals surface area contributed by atoms with Crippen LogP contribution in [0.2, 0.25) is 0 Å². The molecule has 0 radical (unpaired) electrons. The first-order chi connectivity index (χ1) is 16.1. The van der Waals surface area contributed by atoms with Crippen LogP contribution in [0.25, 0.3) is 15.9 Å². The molecule has 1 fully saturated rings. The summed E-state index contributed by atoms with van der Waals surface area (Å²) in [4.78, 5) is 18.3. The molecule has 0 amide bonds. The molecule has 1 aromatic carbocycles. The zero-order valence-corrected chi connectivity index (χ0v) is 20.3. The topological polar surface area (TPSA) is 80.0 Å². The van der Waals surface area contributed by atoms with Gasteiger partial charge in [0, 0.05) is 61.0 Å². The van der Waals surface area contributed by atoms with Crippen molar-refractivity contribution in [2.24, 2.45) is 5.73 Å². The molecule has 0 unspecified atom stereocenters. The molecule has 2 aromatic heterocycles. The monoisotopic (exact) mass is 478 g/mol. The quantitative estimate of drug-likeness (QED) is 0.542. The molecule has 0 bridgehead atoms. The Morgan fingerprint density at radius 1 is 1.21 bits per heavy atom. The van der Waals surface area contributed by atoms with E-state index in [-0.39, 0.29) is 6.04 Å². The lowest BCUT2D eigenvalue weighted by Gasteiger charge is -2.21. The van der Waals surface area contributed by atoms with Gasteiger partial charge in [-0.3, -0.25) is 4.98 Å². The molecule has 6 nitrogen and oxygen atoms in total. The van der Waals surface area contributed by atoms with Gasteiger partial charge in [0.1, 0.15) is 5.82 Å². The Morgan fingerprint density at radius 2 is 2.12 bits per heavy atom. The van der Waals surface area contributed by atoms with Crippen LogP contribution in [0.5, 0.6) is 0 Å². The van der Waals surface area contributed by atoms with Gasteiger partial charge in [0.2, 0.25) is 0 Å². The Kier molecular flexibility index (Phi) is 5.53. The molecule has 33 heavy (non-hydrogen) atoms. The van der Waals surface area contributed by atoms with Crippen molar-refractivity contribution < 1.29 is 0 Å². The molecule has 3 aliphatic rings. The first-order valence-corrected chi connectivity index (χ1v) is 12.9. The maximum atomic E-state index is 6.79. The number of allylic oxidation sites excluding steroid dienone is 1. The minimum absolute atomic E-state index is 0.175. The van der Waals surface area contributed by atoms with Gasteiger partial charge in [-0.1, -0.05) is 24.6 Å². The number of anilines is 1. The second-order valence-electron chi connectivity index (χ2n) is 9.07. The predicted octanol–water partition coefficient (Wildman–Crippen LogP) is 4.28. The molecule has 3 aromatic rings. The van der Waals surface area contributed by atoms with Gasteiger partial charge < -0.3 is 16.0 Å². The average molecular weight is 479 g/mol. The molecule has 2 aliphatic heterocycles. The maximum Gasteiger partial charge on any atom is 0.194 e. The van der Waals surface area contributed by atoms with Crippen LogP contribution in [-0.4, -0.2) is 40.6 Å². The summed E-state index contributed by atoms with van der Waals surface area (Å²) >= 11 is 8.38. The van der Waals surface area contributed by atoms with Crippen LogP contribution in [-0.2, 0) is 19.4 Å². The highest BCUT2D eigenvalue weighted by Crippen LogP contribution is 2.43. The smallest absolute Gasteiger partial charge is 0.194 e. The molecule has 8 heteroatoms. The summed E-state index contributed by atoms with van der Waals surface area (Å²) in [7, 11) is 0. The highest BCUT2D eigenvalue weighted by atomic mass is 35.5. The maximum absolute atomic E-state index is 6.79. The van der Waals surface area contributed by atoms with Gasteiger partial charge in [-0.25, -0.2) is 9.97 Å². The first-order valence-electron chi connectivity index (χ1n) is 11.7. The highest BCUT2D eigenvalue weighted by molar-refractivity contribution is 7.99. The van der Waals surface area contributed by atoms with Gasteiger partial charge in [-0.2, -0.15) is 0 Å². The van der Waals surface area contributed by atoms with Gasteiger partial charge in [0.05, 0.1) is 21.8 Å². The highest BCUT2D eigenvalue weighted by Gasteiger charge is 2.31. The fraction of sp³-hybridized carbons (Fsp3) is 0.400. The van der Waals surface area contributed by atoms with E-state index in [1.807, 2.05) is 0 Å². The molecule has 6 rings (SSSR count). The van der Waals surface area contributed by atoms with E-state index in [0.29, 0.717) is 0 Å². The molecule has 3 N–H and O–H groups in total. The Hall–Kier alpha value is -2.19. The molecule has 170 valence electrons. The van der Waals surface area contributed by atoms with E-state index < -0.39 is 0 Å². The van der Waals surface area contributed by atoms with Crippen LogP contribution in [0, 0.1) is 0 Å². The number of halogens is 1. The van der Waals surface area contributed by atoms with Crippen LogP contribution in [0.15, 0.2) is 39.9 Å². The molecular weight excluding hydrogens is 452 g/mol. The number of benzene rings is 1. The van der Waals surface area contributed by atoms with Gasteiger partial charge >= 0.3 is 0 Å². The average Bonchev–Trinajstić information content (AvgIpc) is 3.40. The van der Waals surface area contributed by atoms with Crippen molar-refractivity contribution in [3.05, 3.63) is 52.4 Å². The molecule has 4 heterocycles. The second-order valence-corrected chi connectivity index (χ2v) is 10.5. The Morgan fingerprint density at radius 3 is 2.94 bits per heavy atom. The number of hydrogen-bond acceptors (Lipinski definition) is 7. The number of nitrogens with one attached hydrogen (secondary N) is 1. The number of rotatable bonds is 4. The Bertz CT molecular complexity index is 1290. The largest absolute Gasteiger partial charge is 0.354 e. The van der Waals surface area contributed by atoms with E-state index in [1.165, 1.54) is 22.2 Å². The zero-order chi connectivity index (χ0) is 22.5.